The van der Waals surface area contributed by atoms with Gasteiger partial charge in [0.15, 0.2) is 0 Å². The summed E-state index contributed by atoms with van der Waals surface area (Å²) in [7, 11) is -4.18. The zero-order valence-electron chi connectivity index (χ0n) is 21.1. The second kappa shape index (κ2) is 11.6. The Morgan fingerprint density at radius 2 is 1.66 bits per heavy atom. The molecule has 1 heterocycles. The first-order valence-corrected chi connectivity index (χ1v) is 14.4. The Hall–Kier alpha value is -2.63. The third-order valence-electron chi connectivity index (χ3n) is 6.65. The minimum Gasteiger partial charge on any atom is -0.367 e. The van der Waals surface area contributed by atoms with Crippen molar-refractivity contribution in [1.29, 1.82) is 0 Å². The molecule has 1 fully saturated rings. The molecule has 0 radical (unpaired) electrons. The van der Waals surface area contributed by atoms with Crippen LogP contribution in [0.3, 0.4) is 0 Å². The Kier molecular flexibility index (Phi) is 8.68. The van der Waals surface area contributed by atoms with Crippen molar-refractivity contribution in [1.82, 2.24) is 14.7 Å². The third-order valence-corrected chi connectivity index (χ3v) is 8.56. The van der Waals surface area contributed by atoms with Crippen molar-refractivity contribution in [3.63, 3.8) is 0 Å². The largest absolute Gasteiger partial charge is 0.416 e. The number of sulfonamides is 1. The summed E-state index contributed by atoms with van der Waals surface area (Å²) in [5.74, 6) is 1.80. The van der Waals surface area contributed by atoms with E-state index in [1.165, 1.54) is 0 Å². The van der Waals surface area contributed by atoms with E-state index < -0.39 is 26.7 Å². The number of benzene rings is 2. The molecular formula is C26H31ClF3N5O2S. The molecule has 1 aromatic heterocycles. The highest BCUT2D eigenvalue weighted by molar-refractivity contribution is 7.89. The van der Waals surface area contributed by atoms with Gasteiger partial charge in [-0.2, -0.15) is 18.2 Å². The van der Waals surface area contributed by atoms with E-state index in [9.17, 15) is 21.6 Å². The zero-order valence-corrected chi connectivity index (χ0v) is 22.7. The number of fused-ring (bicyclic) bond motifs is 1. The molecule has 3 N–H and O–H groups in total. The summed E-state index contributed by atoms with van der Waals surface area (Å²) in [6, 6.07) is 10.3. The Morgan fingerprint density at radius 1 is 1.00 bits per heavy atom. The van der Waals surface area contributed by atoms with Crippen LogP contribution in [0.2, 0.25) is 5.02 Å². The lowest BCUT2D eigenvalue weighted by Gasteiger charge is -2.28. The Bertz CT molecular complexity index is 1380. The minimum atomic E-state index is -4.66. The van der Waals surface area contributed by atoms with Crippen LogP contribution in [0.15, 0.2) is 47.4 Å². The maximum atomic E-state index is 13.0. The molecule has 12 heteroatoms. The van der Waals surface area contributed by atoms with Gasteiger partial charge in [0.05, 0.1) is 16.1 Å². The highest BCUT2D eigenvalue weighted by Crippen LogP contribution is 2.34. The Balaban J connectivity index is 1.31. The van der Waals surface area contributed by atoms with Gasteiger partial charge in [-0.15, -0.1) is 0 Å². The summed E-state index contributed by atoms with van der Waals surface area (Å²) in [6.45, 7) is 4.94. The van der Waals surface area contributed by atoms with Crippen LogP contribution < -0.4 is 15.4 Å². The number of alkyl halides is 3. The van der Waals surface area contributed by atoms with Gasteiger partial charge in [0.1, 0.15) is 10.7 Å². The Labute approximate surface area is 225 Å². The van der Waals surface area contributed by atoms with Gasteiger partial charge in [0.2, 0.25) is 16.0 Å². The van der Waals surface area contributed by atoms with Gasteiger partial charge in [-0.25, -0.2) is 18.1 Å². The van der Waals surface area contributed by atoms with Crippen LogP contribution in [-0.4, -0.2) is 37.5 Å². The molecule has 0 bridgehead atoms. The zero-order chi connectivity index (χ0) is 27.5. The number of rotatable bonds is 9. The molecule has 1 aliphatic carbocycles. The molecule has 1 saturated carbocycles. The summed E-state index contributed by atoms with van der Waals surface area (Å²) < 4.78 is 67.0. The number of hydrogen-bond acceptors (Lipinski definition) is 6. The standard InChI is InChI=1S/C26H31ClF3N5O2S/c1-16(2)33-24-20-5-3-4-6-22(20)34-25(35-24)31-14-17-7-9-18(10-8-17)15-32-38(36,37)23-13-19(26(28,29)30)11-12-21(23)27/h3-6,11-13,16-18,32H,7-10,14-15H2,1-2H3,(H2,31,33,34,35)/t17-,18-. The minimum absolute atomic E-state index is 0.0874. The van der Waals surface area contributed by atoms with Crippen LogP contribution in [-0.2, 0) is 16.2 Å². The van der Waals surface area contributed by atoms with Crippen LogP contribution in [0, 0.1) is 11.8 Å². The summed E-state index contributed by atoms with van der Waals surface area (Å²) in [5.41, 5.74) is -0.206. The first-order valence-electron chi connectivity index (χ1n) is 12.6. The first kappa shape index (κ1) is 28.4. The highest BCUT2D eigenvalue weighted by atomic mass is 35.5. The topological polar surface area (TPSA) is 96.0 Å². The summed E-state index contributed by atoms with van der Waals surface area (Å²) in [5, 5.41) is 7.44. The van der Waals surface area contributed by atoms with E-state index in [4.69, 9.17) is 11.6 Å². The van der Waals surface area contributed by atoms with Crippen LogP contribution in [0.5, 0.6) is 0 Å². The van der Waals surface area contributed by atoms with E-state index in [-0.39, 0.29) is 23.5 Å². The fourth-order valence-electron chi connectivity index (χ4n) is 4.61. The van der Waals surface area contributed by atoms with Crippen molar-refractivity contribution in [2.24, 2.45) is 11.8 Å². The predicted octanol–water partition coefficient (Wildman–Crippen LogP) is 6.32. The van der Waals surface area contributed by atoms with E-state index in [1.807, 2.05) is 24.3 Å². The molecule has 4 rings (SSSR count). The quantitative estimate of drug-likeness (QED) is 0.279. The first-order chi connectivity index (χ1) is 17.9. The van der Waals surface area contributed by atoms with Crippen molar-refractivity contribution in [3.8, 4) is 0 Å². The van der Waals surface area contributed by atoms with Gasteiger partial charge in [-0.3, -0.25) is 0 Å². The normalized spacial score (nSPS) is 18.6. The van der Waals surface area contributed by atoms with Gasteiger partial charge in [-0.05, 0) is 81.7 Å². The van der Waals surface area contributed by atoms with Gasteiger partial charge in [0.25, 0.3) is 0 Å². The fraction of sp³-hybridized carbons (Fsp3) is 0.462. The lowest BCUT2D eigenvalue weighted by molar-refractivity contribution is -0.137. The average Bonchev–Trinajstić information content (AvgIpc) is 2.86. The van der Waals surface area contributed by atoms with Crippen molar-refractivity contribution >= 4 is 44.3 Å². The summed E-state index contributed by atoms with van der Waals surface area (Å²) in [4.78, 5) is 8.74. The number of nitrogens with zero attached hydrogens (tertiary/aromatic N) is 2. The number of para-hydroxylation sites is 1. The molecule has 0 unspecified atom stereocenters. The smallest absolute Gasteiger partial charge is 0.367 e. The summed E-state index contributed by atoms with van der Waals surface area (Å²) >= 11 is 5.92. The summed E-state index contributed by atoms with van der Waals surface area (Å²) in [6.07, 6.45) is -1.30. The fourth-order valence-corrected chi connectivity index (χ4v) is 6.25. The average molecular weight is 570 g/mol. The monoisotopic (exact) mass is 569 g/mol. The van der Waals surface area contributed by atoms with E-state index in [2.05, 4.69) is 39.2 Å². The lowest BCUT2D eigenvalue weighted by atomic mass is 9.82. The maximum Gasteiger partial charge on any atom is 0.416 e. The molecule has 0 amide bonds. The number of halogens is 4. The van der Waals surface area contributed by atoms with Crippen LogP contribution >= 0.6 is 11.6 Å². The van der Waals surface area contributed by atoms with Gasteiger partial charge in [0, 0.05) is 24.5 Å². The van der Waals surface area contributed by atoms with Crippen LogP contribution in [0.4, 0.5) is 24.9 Å². The number of nitrogens with one attached hydrogen (secondary N) is 3. The number of hydrogen-bond donors (Lipinski definition) is 3. The number of anilines is 2. The molecule has 38 heavy (non-hydrogen) atoms. The van der Waals surface area contributed by atoms with Crippen LogP contribution in [0.1, 0.15) is 45.1 Å². The number of aromatic nitrogens is 2. The SMILES string of the molecule is CC(C)Nc1nc(NC[C@H]2CC[C@H](CNS(=O)(=O)c3cc(C(F)(F)F)ccc3Cl)CC2)nc2ccccc12. The van der Waals surface area contributed by atoms with Gasteiger partial charge in [-0.1, -0.05) is 23.7 Å². The molecule has 1 aliphatic rings. The second-order valence-corrected chi connectivity index (χ2v) is 12.1. The Morgan fingerprint density at radius 3 is 2.32 bits per heavy atom. The van der Waals surface area contributed by atoms with Crippen molar-refractivity contribution in [2.75, 3.05) is 23.7 Å². The molecule has 2 aromatic carbocycles. The molecule has 0 atom stereocenters. The second-order valence-electron chi connectivity index (χ2n) is 9.97. The lowest BCUT2D eigenvalue weighted by Crippen LogP contribution is -2.32. The van der Waals surface area contributed by atoms with E-state index in [1.54, 1.807) is 0 Å². The third kappa shape index (κ3) is 7.06. The van der Waals surface area contributed by atoms with Crippen molar-refractivity contribution < 1.29 is 21.6 Å². The molecule has 206 valence electrons. The molecule has 0 saturated heterocycles. The van der Waals surface area contributed by atoms with E-state index in [0.717, 1.165) is 54.5 Å². The molecule has 7 nitrogen and oxygen atoms in total. The maximum absolute atomic E-state index is 13.0. The van der Waals surface area contributed by atoms with Gasteiger partial charge >= 0.3 is 6.18 Å². The molecular weight excluding hydrogens is 539 g/mol. The van der Waals surface area contributed by atoms with Crippen molar-refractivity contribution in [2.45, 2.75) is 56.6 Å². The molecule has 0 spiro atoms. The molecule has 0 aliphatic heterocycles. The molecule has 3 aromatic rings. The van der Waals surface area contributed by atoms with E-state index >= 15 is 0 Å². The van der Waals surface area contributed by atoms with Crippen molar-refractivity contribution in [3.05, 3.63) is 53.1 Å². The highest BCUT2D eigenvalue weighted by Gasteiger charge is 2.33. The predicted molar refractivity (Wildman–Crippen MR) is 144 cm³/mol. The van der Waals surface area contributed by atoms with Crippen LogP contribution in [0.25, 0.3) is 10.9 Å². The van der Waals surface area contributed by atoms with Gasteiger partial charge < -0.3 is 10.6 Å². The van der Waals surface area contributed by atoms with E-state index in [0.29, 0.717) is 24.5 Å².